The molecule has 0 saturated heterocycles. The Morgan fingerprint density at radius 1 is 1.35 bits per heavy atom. The molecule has 0 atom stereocenters. The van der Waals surface area contributed by atoms with Gasteiger partial charge in [-0.1, -0.05) is 0 Å². The quantitative estimate of drug-likeness (QED) is 0.500. The highest BCUT2D eigenvalue weighted by molar-refractivity contribution is 5.87. The van der Waals surface area contributed by atoms with E-state index < -0.39 is 12.0 Å². The van der Waals surface area contributed by atoms with Crippen LogP contribution in [0.3, 0.4) is 0 Å². The Bertz CT molecular complexity index is 391. The van der Waals surface area contributed by atoms with E-state index in [0.29, 0.717) is 19.6 Å². The van der Waals surface area contributed by atoms with E-state index in [1.807, 2.05) is 0 Å². The zero-order chi connectivity index (χ0) is 12.7. The average molecular weight is 238 g/mol. The van der Waals surface area contributed by atoms with Gasteiger partial charge in [-0.05, 0) is 12.1 Å². The molecule has 1 aromatic heterocycles. The lowest BCUT2D eigenvalue weighted by atomic mass is 10.2. The molecule has 0 bridgehead atoms. The van der Waals surface area contributed by atoms with E-state index in [4.69, 9.17) is 10.8 Å². The van der Waals surface area contributed by atoms with Crippen molar-refractivity contribution in [2.24, 2.45) is 5.73 Å². The second-order valence-corrected chi connectivity index (χ2v) is 3.31. The number of carbonyl (C=O) groups is 2. The van der Waals surface area contributed by atoms with Crippen LogP contribution in [0.1, 0.15) is 16.1 Å². The number of carbonyl (C=O) groups excluding carboxylic acids is 1. The summed E-state index contributed by atoms with van der Waals surface area (Å²) in [5, 5.41) is 14.1. The lowest BCUT2D eigenvalue weighted by Gasteiger charge is -2.04. The fourth-order valence-corrected chi connectivity index (χ4v) is 1.15. The molecule has 0 aromatic carbocycles. The molecule has 5 N–H and O–H groups in total. The Morgan fingerprint density at radius 2 is 2.12 bits per heavy atom. The van der Waals surface area contributed by atoms with Crippen LogP contribution in [0.15, 0.2) is 18.3 Å². The van der Waals surface area contributed by atoms with Gasteiger partial charge in [-0.3, -0.25) is 4.98 Å². The van der Waals surface area contributed by atoms with Gasteiger partial charge in [0.05, 0.1) is 11.3 Å². The predicted molar refractivity (Wildman–Crippen MR) is 60.5 cm³/mol. The molecule has 2 amide bonds. The minimum absolute atomic E-state index is 0.157. The fourth-order valence-electron chi connectivity index (χ4n) is 1.15. The molecule has 92 valence electrons. The van der Waals surface area contributed by atoms with Crippen LogP contribution >= 0.6 is 0 Å². The van der Waals surface area contributed by atoms with Crippen molar-refractivity contribution < 1.29 is 14.7 Å². The number of carboxylic acids is 1. The van der Waals surface area contributed by atoms with E-state index in [2.05, 4.69) is 15.6 Å². The zero-order valence-corrected chi connectivity index (χ0v) is 9.14. The highest BCUT2D eigenvalue weighted by atomic mass is 16.4. The van der Waals surface area contributed by atoms with Gasteiger partial charge >= 0.3 is 12.0 Å². The lowest BCUT2D eigenvalue weighted by molar-refractivity contribution is 0.0696. The van der Waals surface area contributed by atoms with E-state index in [9.17, 15) is 9.59 Å². The summed E-state index contributed by atoms with van der Waals surface area (Å²) in [7, 11) is 0. The number of hydrogen-bond donors (Lipinski definition) is 4. The molecule has 0 fully saturated rings. The van der Waals surface area contributed by atoms with Crippen LogP contribution in [-0.4, -0.2) is 35.2 Å². The molecule has 1 aromatic rings. The van der Waals surface area contributed by atoms with Crippen LogP contribution in [0.2, 0.25) is 0 Å². The molecule has 7 heteroatoms. The Hall–Kier alpha value is -2.15. The maximum Gasteiger partial charge on any atom is 0.337 e. The number of nitrogens with one attached hydrogen (secondary N) is 2. The summed E-state index contributed by atoms with van der Waals surface area (Å²) in [4.78, 5) is 24.9. The van der Waals surface area contributed by atoms with Gasteiger partial charge in [0, 0.05) is 25.8 Å². The first-order valence-electron chi connectivity index (χ1n) is 5.02. The minimum Gasteiger partial charge on any atom is -0.478 e. The Labute approximate surface area is 98.0 Å². The lowest BCUT2D eigenvalue weighted by Crippen LogP contribution is -2.35. The molecular formula is C10H14N4O3. The SMILES string of the molecule is NC(=O)NCCNCc1ccc(C(=O)O)cn1. The summed E-state index contributed by atoms with van der Waals surface area (Å²) >= 11 is 0. The van der Waals surface area contributed by atoms with Crippen LogP contribution in [0, 0.1) is 0 Å². The highest BCUT2D eigenvalue weighted by Crippen LogP contribution is 1.99. The number of rotatable bonds is 6. The normalized spacial score (nSPS) is 9.88. The Balaban J connectivity index is 2.27. The third-order valence-corrected chi connectivity index (χ3v) is 1.98. The average Bonchev–Trinajstić information content (AvgIpc) is 2.29. The minimum atomic E-state index is -0.998. The van der Waals surface area contributed by atoms with Crippen molar-refractivity contribution in [3.8, 4) is 0 Å². The van der Waals surface area contributed by atoms with Crippen LogP contribution in [0.5, 0.6) is 0 Å². The second-order valence-electron chi connectivity index (χ2n) is 3.31. The number of carboxylic acid groups (broad SMARTS) is 1. The number of nitrogens with zero attached hydrogens (tertiary/aromatic N) is 1. The van der Waals surface area contributed by atoms with Gasteiger partial charge in [-0.15, -0.1) is 0 Å². The van der Waals surface area contributed by atoms with Gasteiger partial charge in [0.15, 0.2) is 0 Å². The first-order valence-corrected chi connectivity index (χ1v) is 5.02. The van der Waals surface area contributed by atoms with E-state index in [1.165, 1.54) is 12.3 Å². The number of pyridine rings is 1. The molecule has 1 rings (SSSR count). The van der Waals surface area contributed by atoms with Gasteiger partial charge in [-0.25, -0.2) is 9.59 Å². The van der Waals surface area contributed by atoms with Crippen molar-refractivity contribution in [3.63, 3.8) is 0 Å². The van der Waals surface area contributed by atoms with Crippen molar-refractivity contribution in [2.45, 2.75) is 6.54 Å². The molecule has 0 aliphatic carbocycles. The first-order chi connectivity index (χ1) is 8.09. The first kappa shape index (κ1) is 12.9. The van der Waals surface area contributed by atoms with Crippen molar-refractivity contribution in [2.75, 3.05) is 13.1 Å². The van der Waals surface area contributed by atoms with Gasteiger partial charge in [0.2, 0.25) is 0 Å². The molecule has 17 heavy (non-hydrogen) atoms. The van der Waals surface area contributed by atoms with E-state index in [0.717, 1.165) is 5.69 Å². The number of hydrogen-bond acceptors (Lipinski definition) is 4. The van der Waals surface area contributed by atoms with Crippen LogP contribution < -0.4 is 16.4 Å². The molecule has 1 heterocycles. The molecule has 0 unspecified atom stereocenters. The summed E-state index contributed by atoms with van der Waals surface area (Å²) in [6.45, 7) is 1.49. The van der Waals surface area contributed by atoms with Crippen molar-refractivity contribution in [1.29, 1.82) is 0 Å². The molecule has 0 spiro atoms. The fraction of sp³-hybridized carbons (Fsp3) is 0.300. The summed E-state index contributed by atoms with van der Waals surface area (Å²) in [5.41, 5.74) is 5.77. The summed E-state index contributed by atoms with van der Waals surface area (Å²) < 4.78 is 0. The topological polar surface area (TPSA) is 117 Å². The Kier molecular flexibility index (Phi) is 4.89. The van der Waals surface area contributed by atoms with E-state index >= 15 is 0 Å². The number of aromatic nitrogens is 1. The van der Waals surface area contributed by atoms with Gasteiger partial charge in [0.25, 0.3) is 0 Å². The van der Waals surface area contributed by atoms with Gasteiger partial charge in [-0.2, -0.15) is 0 Å². The molecule has 0 aliphatic heterocycles. The zero-order valence-electron chi connectivity index (χ0n) is 9.14. The van der Waals surface area contributed by atoms with E-state index in [-0.39, 0.29) is 5.56 Å². The molecule has 0 saturated carbocycles. The Morgan fingerprint density at radius 3 is 2.65 bits per heavy atom. The largest absolute Gasteiger partial charge is 0.478 e. The van der Waals surface area contributed by atoms with Crippen LogP contribution in [-0.2, 0) is 6.54 Å². The highest BCUT2D eigenvalue weighted by Gasteiger charge is 2.02. The molecule has 7 nitrogen and oxygen atoms in total. The summed E-state index contributed by atoms with van der Waals surface area (Å²) in [5.74, 6) is -0.998. The maximum atomic E-state index is 10.6. The van der Waals surface area contributed by atoms with Crippen LogP contribution in [0.25, 0.3) is 0 Å². The number of nitrogens with two attached hydrogens (primary N) is 1. The number of primary amides is 1. The van der Waals surface area contributed by atoms with Crippen molar-refractivity contribution in [1.82, 2.24) is 15.6 Å². The number of amides is 2. The van der Waals surface area contributed by atoms with E-state index in [1.54, 1.807) is 6.07 Å². The van der Waals surface area contributed by atoms with Crippen molar-refractivity contribution >= 4 is 12.0 Å². The van der Waals surface area contributed by atoms with Crippen molar-refractivity contribution in [3.05, 3.63) is 29.6 Å². The van der Waals surface area contributed by atoms with Gasteiger partial charge in [0.1, 0.15) is 0 Å². The summed E-state index contributed by atoms with van der Waals surface area (Å²) in [6.07, 6.45) is 1.31. The predicted octanol–water partition coefficient (Wildman–Crippen LogP) is -0.462. The molecular weight excluding hydrogens is 224 g/mol. The summed E-state index contributed by atoms with van der Waals surface area (Å²) in [6, 6.07) is 2.57. The third kappa shape index (κ3) is 4.94. The smallest absolute Gasteiger partial charge is 0.337 e. The van der Waals surface area contributed by atoms with Gasteiger partial charge < -0.3 is 21.5 Å². The number of urea groups is 1. The third-order valence-electron chi connectivity index (χ3n) is 1.98. The monoisotopic (exact) mass is 238 g/mol. The standard InChI is InChI=1S/C10H14N4O3/c11-10(17)13-4-3-12-6-8-2-1-7(5-14-8)9(15)16/h1-2,5,12H,3-4,6H2,(H,15,16)(H3,11,13,17). The molecule has 0 aliphatic rings. The number of aromatic carboxylic acids is 1. The maximum absolute atomic E-state index is 10.6. The van der Waals surface area contributed by atoms with Crippen LogP contribution in [0.4, 0.5) is 4.79 Å². The molecule has 0 radical (unpaired) electrons. The second kappa shape index (κ2) is 6.44.